The van der Waals surface area contributed by atoms with E-state index >= 15 is 0 Å². The van der Waals surface area contributed by atoms with Gasteiger partial charge in [0.1, 0.15) is 5.01 Å². The van der Waals surface area contributed by atoms with E-state index in [4.69, 9.17) is 10.5 Å². The Morgan fingerprint density at radius 1 is 1.41 bits per heavy atom. The van der Waals surface area contributed by atoms with Crippen LogP contribution in [0, 0.1) is 0 Å². The van der Waals surface area contributed by atoms with Gasteiger partial charge in [-0.15, -0.1) is 22.0 Å². The second kappa shape index (κ2) is 8.72. The minimum Gasteiger partial charge on any atom is -0.384 e. The molecule has 3 N–H and O–H groups in total. The molecule has 1 aromatic heterocycles. The van der Waals surface area contributed by atoms with Gasteiger partial charge in [-0.05, 0) is 12.1 Å². The number of aromatic nitrogens is 2. The molecule has 0 fully saturated rings. The summed E-state index contributed by atoms with van der Waals surface area (Å²) in [5.74, 6) is 0.725. The Morgan fingerprint density at radius 3 is 2.95 bits per heavy atom. The van der Waals surface area contributed by atoms with Gasteiger partial charge in [0, 0.05) is 30.7 Å². The molecule has 0 atom stereocenters. The molecule has 0 unspecified atom stereocenters. The van der Waals surface area contributed by atoms with E-state index in [0.717, 1.165) is 15.7 Å². The van der Waals surface area contributed by atoms with Gasteiger partial charge in [-0.1, -0.05) is 23.5 Å². The summed E-state index contributed by atoms with van der Waals surface area (Å²) in [6.45, 7) is 1.16. The molecule has 22 heavy (non-hydrogen) atoms. The number of nitrogen functional groups attached to an aromatic ring is 1. The van der Waals surface area contributed by atoms with Crippen LogP contribution >= 0.6 is 23.1 Å². The monoisotopic (exact) mass is 338 g/mol. The van der Waals surface area contributed by atoms with Crippen molar-refractivity contribution in [1.29, 1.82) is 0 Å². The number of thioether (sulfide) groups is 1. The molecule has 1 amide bonds. The highest BCUT2D eigenvalue weighted by Gasteiger charge is 2.11. The molecule has 8 heteroatoms. The fourth-order valence-electron chi connectivity index (χ4n) is 1.76. The van der Waals surface area contributed by atoms with Crippen molar-refractivity contribution < 1.29 is 9.53 Å². The molecule has 0 radical (unpaired) electrons. The Hall–Kier alpha value is -1.64. The van der Waals surface area contributed by atoms with Crippen LogP contribution in [0.4, 0.5) is 5.13 Å². The Labute approximate surface area is 137 Å². The quantitative estimate of drug-likeness (QED) is 0.564. The van der Waals surface area contributed by atoms with Gasteiger partial charge in [-0.3, -0.25) is 4.79 Å². The minimum atomic E-state index is -0.0852. The van der Waals surface area contributed by atoms with Crippen LogP contribution < -0.4 is 11.1 Å². The predicted molar refractivity (Wildman–Crippen MR) is 89.4 cm³/mol. The van der Waals surface area contributed by atoms with Gasteiger partial charge in [-0.25, -0.2) is 0 Å². The molecule has 0 aliphatic carbocycles. The number of benzene rings is 1. The van der Waals surface area contributed by atoms with Crippen molar-refractivity contribution in [2.24, 2.45) is 0 Å². The third-order valence-electron chi connectivity index (χ3n) is 2.78. The number of rotatable bonds is 8. The SMILES string of the molecule is COCCSc1ccccc1C(=O)NCCc1nnc(N)s1. The molecule has 0 bridgehead atoms. The van der Waals surface area contributed by atoms with Crippen LogP contribution in [-0.2, 0) is 11.2 Å². The molecule has 2 aromatic rings. The number of carbonyl (C=O) groups excluding carboxylic acids is 1. The summed E-state index contributed by atoms with van der Waals surface area (Å²) in [6, 6.07) is 7.56. The van der Waals surface area contributed by atoms with E-state index in [1.54, 1.807) is 18.9 Å². The topological polar surface area (TPSA) is 90.1 Å². The van der Waals surface area contributed by atoms with Gasteiger partial charge in [-0.2, -0.15) is 0 Å². The van der Waals surface area contributed by atoms with Crippen molar-refractivity contribution in [2.75, 3.05) is 31.7 Å². The van der Waals surface area contributed by atoms with Gasteiger partial charge < -0.3 is 15.8 Å². The van der Waals surface area contributed by atoms with Gasteiger partial charge in [0.15, 0.2) is 0 Å². The Balaban J connectivity index is 1.88. The smallest absolute Gasteiger partial charge is 0.252 e. The van der Waals surface area contributed by atoms with Gasteiger partial charge >= 0.3 is 0 Å². The van der Waals surface area contributed by atoms with E-state index in [1.807, 2.05) is 24.3 Å². The molecule has 0 saturated carbocycles. The van der Waals surface area contributed by atoms with Gasteiger partial charge in [0.2, 0.25) is 5.13 Å². The van der Waals surface area contributed by atoms with E-state index in [-0.39, 0.29) is 5.91 Å². The van der Waals surface area contributed by atoms with Crippen molar-refractivity contribution in [3.8, 4) is 0 Å². The molecule has 0 aliphatic heterocycles. The molecule has 0 spiro atoms. The molecular formula is C14H18N4O2S2. The van der Waals surface area contributed by atoms with Crippen LogP contribution in [0.15, 0.2) is 29.2 Å². The number of anilines is 1. The zero-order valence-corrected chi connectivity index (χ0v) is 13.9. The summed E-state index contributed by atoms with van der Waals surface area (Å²) in [7, 11) is 1.67. The number of hydrogen-bond donors (Lipinski definition) is 2. The first-order valence-electron chi connectivity index (χ1n) is 6.77. The molecule has 118 valence electrons. The number of nitrogens with one attached hydrogen (secondary N) is 1. The van der Waals surface area contributed by atoms with Crippen molar-refractivity contribution in [3.63, 3.8) is 0 Å². The number of ether oxygens (including phenoxy) is 1. The first-order valence-corrected chi connectivity index (χ1v) is 8.57. The summed E-state index contributed by atoms with van der Waals surface area (Å²) >= 11 is 2.95. The summed E-state index contributed by atoms with van der Waals surface area (Å²) in [5.41, 5.74) is 6.20. The molecule has 0 saturated heterocycles. The molecule has 0 aliphatic rings. The number of methoxy groups -OCH3 is 1. The maximum atomic E-state index is 12.3. The zero-order chi connectivity index (χ0) is 15.8. The molecule has 2 rings (SSSR count). The normalized spacial score (nSPS) is 10.6. The lowest BCUT2D eigenvalue weighted by molar-refractivity contribution is 0.0951. The second-order valence-electron chi connectivity index (χ2n) is 4.38. The average molecular weight is 338 g/mol. The molecule has 6 nitrogen and oxygen atoms in total. The van der Waals surface area contributed by atoms with Crippen LogP contribution in [0.25, 0.3) is 0 Å². The van der Waals surface area contributed by atoms with Crippen LogP contribution in [0.2, 0.25) is 0 Å². The van der Waals surface area contributed by atoms with E-state index in [2.05, 4.69) is 15.5 Å². The number of nitrogens with zero attached hydrogens (tertiary/aromatic N) is 2. The Kier molecular flexibility index (Phi) is 6.63. The highest BCUT2D eigenvalue weighted by molar-refractivity contribution is 7.99. The summed E-state index contributed by atoms with van der Waals surface area (Å²) in [5, 5.41) is 11.8. The van der Waals surface area contributed by atoms with Crippen molar-refractivity contribution >= 4 is 34.1 Å². The van der Waals surface area contributed by atoms with Crippen molar-refractivity contribution in [3.05, 3.63) is 34.8 Å². The number of hydrogen-bond acceptors (Lipinski definition) is 7. The third kappa shape index (κ3) is 4.97. The van der Waals surface area contributed by atoms with Crippen LogP contribution in [-0.4, -0.2) is 42.1 Å². The highest BCUT2D eigenvalue weighted by Crippen LogP contribution is 2.22. The Bertz CT molecular complexity index is 618. The standard InChI is InChI=1S/C14H18N4O2S2/c1-20-8-9-21-11-5-3-2-4-10(11)13(19)16-7-6-12-17-18-14(15)22-12/h2-5H,6-9H2,1H3,(H2,15,18)(H,16,19). The molecular weight excluding hydrogens is 320 g/mol. The van der Waals surface area contributed by atoms with Crippen molar-refractivity contribution in [1.82, 2.24) is 15.5 Å². The van der Waals surface area contributed by atoms with Crippen LogP contribution in [0.5, 0.6) is 0 Å². The van der Waals surface area contributed by atoms with E-state index in [9.17, 15) is 4.79 Å². The van der Waals surface area contributed by atoms with Gasteiger partial charge in [0.05, 0.1) is 12.2 Å². The lowest BCUT2D eigenvalue weighted by atomic mass is 10.2. The molecule has 1 aromatic carbocycles. The van der Waals surface area contributed by atoms with Crippen molar-refractivity contribution in [2.45, 2.75) is 11.3 Å². The zero-order valence-electron chi connectivity index (χ0n) is 12.2. The number of carbonyl (C=O) groups is 1. The fraction of sp³-hybridized carbons (Fsp3) is 0.357. The van der Waals surface area contributed by atoms with Gasteiger partial charge in [0.25, 0.3) is 5.91 Å². The van der Waals surface area contributed by atoms with E-state index < -0.39 is 0 Å². The first kappa shape index (κ1) is 16.7. The third-order valence-corrected chi connectivity index (χ3v) is 4.63. The molecule has 1 heterocycles. The minimum absolute atomic E-state index is 0.0852. The fourth-order valence-corrected chi connectivity index (χ4v) is 3.33. The van der Waals surface area contributed by atoms with Crippen LogP contribution in [0.1, 0.15) is 15.4 Å². The first-order chi connectivity index (χ1) is 10.7. The van der Waals surface area contributed by atoms with E-state index in [1.165, 1.54) is 11.3 Å². The maximum absolute atomic E-state index is 12.3. The van der Waals surface area contributed by atoms with E-state index in [0.29, 0.717) is 30.3 Å². The van der Waals surface area contributed by atoms with Crippen LogP contribution in [0.3, 0.4) is 0 Å². The lowest BCUT2D eigenvalue weighted by Gasteiger charge is -2.09. The predicted octanol–water partition coefficient (Wildman–Crippen LogP) is 1.83. The number of amides is 1. The highest BCUT2D eigenvalue weighted by atomic mass is 32.2. The number of nitrogens with two attached hydrogens (primary N) is 1. The summed E-state index contributed by atoms with van der Waals surface area (Å²) in [4.78, 5) is 13.2. The average Bonchev–Trinajstić information content (AvgIpc) is 2.93. The largest absolute Gasteiger partial charge is 0.384 e. The maximum Gasteiger partial charge on any atom is 0.252 e. The second-order valence-corrected chi connectivity index (χ2v) is 6.61. The summed E-state index contributed by atoms with van der Waals surface area (Å²) < 4.78 is 5.04. The Morgan fingerprint density at radius 2 is 2.23 bits per heavy atom. The lowest BCUT2D eigenvalue weighted by Crippen LogP contribution is -2.26. The summed E-state index contributed by atoms with van der Waals surface area (Å²) in [6.07, 6.45) is 0.625.